The van der Waals surface area contributed by atoms with Crippen molar-refractivity contribution in [1.82, 2.24) is 4.90 Å². The van der Waals surface area contributed by atoms with Gasteiger partial charge in [0.25, 0.3) is 11.8 Å². The van der Waals surface area contributed by atoms with E-state index in [1.165, 1.54) is 17.8 Å². The van der Waals surface area contributed by atoms with Crippen LogP contribution >= 0.6 is 11.8 Å². The Labute approximate surface area is 201 Å². The van der Waals surface area contributed by atoms with Crippen molar-refractivity contribution in [2.75, 3.05) is 31.2 Å². The zero-order chi connectivity index (χ0) is 23.5. The number of thioether (sulfide) groups is 1. The fraction of sp³-hybridized carbons (Fsp3) is 0.185. The zero-order valence-electron chi connectivity index (χ0n) is 18.4. The van der Waals surface area contributed by atoms with E-state index in [1.807, 2.05) is 42.5 Å². The molecule has 5 rings (SSSR count). The van der Waals surface area contributed by atoms with Crippen LogP contribution in [0.5, 0.6) is 0 Å². The number of amides is 2. The third-order valence-corrected chi connectivity index (χ3v) is 6.95. The van der Waals surface area contributed by atoms with E-state index in [9.17, 15) is 14.0 Å². The third kappa shape index (κ3) is 4.62. The summed E-state index contributed by atoms with van der Waals surface area (Å²) in [4.78, 5) is 31.0. The number of para-hydroxylation sites is 1. The van der Waals surface area contributed by atoms with Crippen LogP contribution < -0.4 is 4.90 Å². The van der Waals surface area contributed by atoms with Crippen molar-refractivity contribution in [1.29, 1.82) is 0 Å². The van der Waals surface area contributed by atoms with E-state index in [0.29, 0.717) is 42.3 Å². The fourth-order valence-electron chi connectivity index (χ4n) is 4.04. The second-order valence-electron chi connectivity index (χ2n) is 8.09. The van der Waals surface area contributed by atoms with Crippen LogP contribution in [0.1, 0.15) is 21.5 Å². The van der Waals surface area contributed by atoms with Crippen LogP contribution in [0.25, 0.3) is 6.08 Å². The molecule has 2 aliphatic rings. The lowest BCUT2D eigenvalue weighted by Crippen LogP contribution is -2.40. The molecule has 2 heterocycles. The normalized spacial score (nSPS) is 17.1. The first-order valence-electron chi connectivity index (χ1n) is 11.1. The number of carbonyl (C=O) groups excluding carboxylic acids is 2. The molecule has 2 amide bonds. The number of nitrogens with zero attached hydrogens (tertiary/aromatic N) is 2. The van der Waals surface area contributed by atoms with Gasteiger partial charge in [0.05, 0.1) is 30.4 Å². The monoisotopic (exact) mass is 474 g/mol. The van der Waals surface area contributed by atoms with Gasteiger partial charge in [-0.25, -0.2) is 4.39 Å². The molecule has 1 fully saturated rings. The van der Waals surface area contributed by atoms with Crippen molar-refractivity contribution >= 4 is 35.3 Å². The Bertz CT molecular complexity index is 1250. The van der Waals surface area contributed by atoms with E-state index < -0.39 is 0 Å². The summed E-state index contributed by atoms with van der Waals surface area (Å²) >= 11 is 1.40. The maximum absolute atomic E-state index is 14.3. The first-order valence-corrected chi connectivity index (χ1v) is 11.9. The van der Waals surface area contributed by atoms with Gasteiger partial charge in [-0.05, 0) is 42.0 Å². The maximum atomic E-state index is 14.3. The molecule has 1 saturated heterocycles. The topological polar surface area (TPSA) is 49.9 Å². The largest absolute Gasteiger partial charge is 0.378 e. The Morgan fingerprint density at radius 2 is 1.68 bits per heavy atom. The number of morpholine rings is 1. The van der Waals surface area contributed by atoms with E-state index in [-0.39, 0.29) is 24.2 Å². The molecule has 0 unspecified atom stereocenters. The van der Waals surface area contributed by atoms with Crippen LogP contribution in [0.4, 0.5) is 10.1 Å². The molecule has 0 N–H and O–H groups in total. The van der Waals surface area contributed by atoms with Gasteiger partial charge < -0.3 is 14.5 Å². The average molecular weight is 475 g/mol. The highest BCUT2D eigenvalue weighted by molar-refractivity contribution is 8.04. The lowest BCUT2D eigenvalue weighted by molar-refractivity contribution is -0.114. The van der Waals surface area contributed by atoms with Gasteiger partial charge in [-0.1, -0.05) is 54.2 Å². The molecular weight excluding hydrogens is 451 g/mol. The molecule has 7 heteroatoms. The standard InChI is InChI=1S/C27H23FN2O3S/c28-22-6-2-1-5-21(22)18-30-23-7-3-4-8-24(23)34-25(27(30)32)17-19-9-11-20(12-10-19)26(31)29-13-15-33-16-14-29/h1-12,17H,13-16,18H2. The zero-order valence-corrected chi connectivity index (χ0v) is 19.3. The van der Waals surface area contributed by atoms with Crippen LogP contribution in [0.3, 0.4) is 0 Å². The first kappa shape index (κ1) is 22.4. The van der Waals surface area contributed by atoms with E-state index in [0.717, 1.165) is 16.1 Å². The molecule has 0 spiro atoms. The smallest absolute Gasteiger partial charge is 0.265 e. The van der Waals surface area contributed by atoms with Crippen molar-refractivity contribution in [2.45, 2.75) is 11.4 Å². The molecule has 0 aromatic heterocycles. The fourth-order valence-corrected chi connectivity index (χ4v) is 5.10. The Balaban J connectivity index is 1.41. The highest BCUT2D eigenvalue weighted by atomic mass is 32.2. The highest BCUT2D eigenvalue weighted by Gasteiger charge is 2.29. The Hall–Kier alpha value is -3.42. The van der Waals surface area contributed by atoms with E-state index in [4.69, 9.17) is 4.74 Å². The second-order valence-corrected chi connectivity index (χ2v) is 9.17. The molecule has 0 atom stereocenters. The second kappa shape index (κ2) is 9.83. The number of halogens is 1. The van der Waals surface area contributed by atoms with Crippen LogP contribution in [-0.2, 0) is 16.1 Å². The highest BCUT2D eigenvalue weighted by Crippen LogP contribution is 2.42. The maximum Gasteiger partial charge on any atom is 0.265 e. The minimum absolute atomic E-state index is 0.0180. The van der Waals surface area contributed by atoms with Gasteiger partial charge in [-0.15, -0.1) is 0 Å². The number of hydrogen-bond acceptors (Lipinski definition) is 4. The third-order valence-electron chi connectivity index (χ3n) is 5.87. The summed E-state index contributed by atoms with van der Waals surface area (Å²) in [5.74, 6) is -0.534. The predicted molar refractivity (Wildman–Crippen MR) is 131 cm³/mol. The predicted octanol–water partition coefficient (Wildman–Crippen LogP) is 4.98. The SMILES string of the molecule is O=C(c1ccc(C=C2Sc3ccccc3N(Cc3ccccc3F)C2=O)cc1)N1CCOCC1. The van der Waals surface area contributed by atoms with Crippen LogP contribution in [0.15, 0.2) is 82.6 Å². The summed E-state index contributed by atoms with van der Waals surface area (Å²) in [5, 5.41) is 0. The first-order chi connectivity index (χ1) is 16.6. The van der Waals surface area contributed by atoms with Crippen molar-refractivity contribution in [3.05, 3.63) is 100 Å². The number of hydrogen-bond donors (Lipinski definition) is 0. The summed E-state index contributed by atoms with van der Waals surface area (Å²) in [6.07, 6.45) is 1.82. The molecule has 0 bridgehead atoms. The van der Waals surface area contributed by atoms with Crippen molar-refractivity contribution in [3.63, 3.8) is 0 Å². The van der Waals surface area contributed by atoms with Gasteiger partial charge in [-0.2, -0.15) is 0 Å². The Kier molecular flexibility index (Phi) is 6.47. The number of anilines is 1. The van der Waals surface area contributed by atoms with E-state index in [1.54, 1.807) is 40.1 Å². The van der Waals surface area contributed by atoms with Gasteiger partial charge in [0, 0.05) is 29.1 Å². The molecule has 34 heavy (non-hydrogen) atoms. The van der Waals surface area contributed by atoms with Gasteiger partial charge in [0.1, 0.15) is 5.82 Å². The van der Waals surface area contributed by atoms with Crippen LogP contribution in [0.2, 0.25) is 0 Å². The minimum atomic E-state index is -0.336. The number of carbonyl (C=O) groups is 2. The quantitative estimate of drug-likeness (QED) is 0.501. The lowest BCUT2D eigenvalue weighted by Gasteiger charge is -2.30. The molecule has 172 valence electrons. The number of rotatable bonds is 4. The lowest BCUT2D eigenvalue weighted by atomic mass is 10.1. The molecule has 0 radical (unpaired) electrons. The van der Waals surface area contributed by atoms with Gasteiger partial charge >= 0.3 is 0 Å². The molecule has 0 aliphatic carbocycles. The summed E-state index contributed by atoms with van der Waals surface area (Å²) in [6.45, 7) is 2.44. The Morgan fingerprint density at radius 1 is 0.971 bits per heavy atom. The number of benzene rings is 3. The van der Waals surface area contributed by atoms with E-state index in [2.05, 4.69) is 0 Å². The number of ether oxygens (including phenoxy) is 1. The van der Waals surface area contributed by atoms with Crippen LogP contribution in [-0.4, -0.2) is 43.0 Å². The van der Waals surface area contributed by atoms with Crippen molar-refractivity contribution in [3.8, 4) is 0 Å². The molecule has 3 aromatic rings. The Morgan fingerprint density at radius 3 is 2.44 bits per heavy atom. The van der Waals surface area contributed by atoms with Crippen molar-refractivity contribution in [2.24, 2.45) is 0 Å². The summed E-state index contributed by atoms with van der Waals surface area (Å²) < 4.78 is 19.6. The molecule has 2 aliphatic heterocycles. The summed E-state index contributed by atoms with van der Waals surface area (Å²) in [6, 6.07) is 21.4. The molecule has 5 nitrogen and oxygen atoms in total. The molecule has 0 saturated carbocycles. The summed E-state index contributed by atoms with van der Waals surface area (Å²) in [7, 11) is 0. The summed E-state index contributed by atoms with van der Waals surface area (Å²) in [5.41, 5.74) is 2.66. The van der Waals surface area contributed by atoms with Gasteiger partial charge in [0.15, 0.2) is 0 Å². The van der Waals surface area contributed by atoms with Gasteiger partial charge in [0.2, 0.25) is 0 Å². The number of fused-ring (bicyclic) bond motifs is 1. The van der Waals surface area contributed by atoms with Crippen LogP contribution in [0, 0.1) is 5.82 Å². The average Bonchev–Trinajstić information content (AvgIpc) is 2.88. The molecule has 3 aromatic carbocycles. The van der Waals surface area contributed by atoms with Crippen molar-refractivity contribution < 1.29 is 18.7 Å². The minimum Gasteiger partial charge on any atom is -0.378 e. The van der Waals surface area contributed by atoms with Gasteiger partial charge in [-0.3, -0.25) is 9.59 Å². The van der Waals surface area contributed by atoms with E-state index >= 15 is 0 Å². The molecular formula is C27H23FN2O3S.